The Balaban J connectivity index is 1.71. The summed E-state index contributed by atoms with van der Waals surface area (Å²) in [6, 6.07) is 13.3. The summed E-state index contributed by atoms with van der Waals surface area (Å²) in [5.74, 6) is 0.412. The van der Waals surface area contributed by atoms with E-state index in [1.165, 1.54) is 6.07 Å². The van der Waals surface area contributed by atoms with Gasteiger partial charge in [-0.05, 0) is 67.1 Å². The van der Waals surface area contributed by atoms with Gasteiger partial charge in [0, 0.05) is 6.61 Å². The zero-order valence-electron chi connectivity index (χ0n) is 17.9. The van der Waals surface area contributed by atoms with Crippen LogP contribution in [-0.4, -0.2) is 31.9 Å². The van der Waals surface area contributed by atoms with Crippen molar-refractivity contribution < 1.29 is 36.9 Å². The molecule has 1 atom stereocenters. The van der Waals surface area contributed by atoms with Crippen molar-refractivity contribution in [2.75, 3.05) is 19.8 Å². The van der Waals surface area contributed by atoms with Gasteiger partial charge in [-0.1, -0.05) is 23.7 Å². The Kier molecular flexibility index (Phi) is 8.05. The van der Waals surface area contributed by atoms with E-state index < -0.39 is 23.8 Å². The lowest BCUT2D eigenvalue weighted by Crippen LogP contribution is -2.27. The van der Waals surface area contributed by atoms with Gasteiger partial charge in [-0.2, -0.15) is 13.2 Å². The van der Waals surface area contributed by atoms with Crippen molar-refractivity contribution >= 4 is 28.3 Å². The molecule has 0 spiro atoms. The molecule has 0 saturated carbocycles. The number of alkyl halides is 3. The minimum Gasteiger partial charge on any atom is -0.479 e. The van der Waals surface area contributed by atoms with Crippen LogP contribution in [-0.2, 0) is 20.4 Å². The Morgan fingerprint density at radius 1 is 0.970 bits per heavy atom. The van der Waals surface area contributed by atoms with Gasteiger partial charge in [-0.25, -0.2) is 4.79 Å². The molecule has 9 heteroatoms. The lowest BCUT2D eigenvalue weighted by atomic mass is 10.1. The normalized spacial score (nSPS) is 12.4. The third-order valence-corrected chi connectivity index (χ3v) is 4.89. The Morgan fingerprint density at radius 2 is 1.67 bits per heavy atom. The average Bonchev–Trinajstić information content (AvgIpc) is 2.77. The lowest BCUT2D eigenvalue weighted by Gasteiger charge is -2.15. The Labute approximate surface area is 194 Å². The second-order valence-electron chi connectivity index (χ2n) is 7.04. The summed E-state index contributed by atoms with van der Waals surface area (Å²) < 4.78 is 60.1. The molecule has 0 amide bonds. The summed E-state index contributed by atoms with van der Waals surface area (Å²) in [4.78, 5) is 12.0. The Morgan fingerprint density at radius 3 is 2.33 bits per heavy atom. The molecule has 0 aliphatic heterocycles. The number of hydrogen-bond donors (Lipinski definition) is 0. The molecule has 0 saturated heterocycles. The highest BCUT2D eigenvalue weighted by atomic mass is 35.5. The fourth-order valence-electron chi connectivity index (χ4n) is 2.94. The second-order valence-corrected chi connectivity index (χ2v) is 7.45. The summed E-state index contributed by atoms with van der Waals surface area (Å²) in [6.07, 6.45) is -5.32. The molecule has 0 N–H and O–H groups in total. The summed E-state index contributed by atoms with van der Waals surface area (Å²) in [5.41, 5.74) is -0.856. The number of rotatable bonds is 9. The fraction of sp³-hybridized carbons (Fsp3) is 0.292. The summed E-state index contributed by atoms with van der Waals surface area (Å²) in [5, 5.41) is 1.46. The molecule has 0 heterocycles. The number of benzene rings is 3. The molecule has 5 nitrogen and oxygen atoms in total. The quantitative estimate of drug-likeness (QED) is 0.252. The molecule has 0 aliphatic rings. The Bertz CT molecular complexity index is 1120. The number of hydrogen-bond acceptors (Lipinski definition) is 5. The standard InChI is InChI=1S/C24H22ClF3O5/c1-3-30-10-11-31-23(29)15(2)32-19-7-4-16-5-8-20(13-17(16)12-19)33-22-9-6-18(14-21(22)25)24(26,27)28/h4-9,12-15H,3,10-11H2,1-2H3/t15-/m1/s1. The maximum Gasteiger partial charge on any atom is 0.416 e. The van der Waals surface area contributed by atoms with E-state index in [2.05, 4.69) is 0 Å². The van der Waals surface area contributed by atoms with Gasteiger partial charge in [0.2, 0.25) is 0 Å². The molecule has 0 aliphatic carbocycles. The number of esters is 1. The van der Waals surface area contributed by atoms with Crippen molar-refractivity contribution in [3.8, 4) is 17.2 Å². The molecule has 3 rings (SSSR count). The van der Waals surface area contributed by atoms with Crippen molar-refractivity contribution in [2.45, 2.75) is 26.1 Å². The smallest absolute Gasteiger partial charge is 0.416 e. The van der Waals surface area contributed by atoms with E-state index in [1.54, 1.807) is 37.3 Å². The minimum absolute atomic E-state index is 0.0971. The lowest BCUT2D eigenvalue weighted by molar-refractivity contribution is -0.152. The average molecular weight is 483 g/mol. The molecule has 0 radical (unpaired) electrons. The van der Waals surface area contributed by atoms with Gasteiger partial charge in [0.25, 0.3) is 0 Å². The molecule has 0 fully saturated rings. The van der Waals surface area contributed by atoms with Crippen LogP contribution in [0.1, 0.15) is 19.4 Å². The Hall–Kier alpha value is -2.97. The van der Waals surface area contributed by atoms with Crippen LogP contribution >= 0.6 is 11.6 Å². The topological polar surface area (TPSA) is 54.0 Å². The van der Waals surface area contributed by atoms with Crippen LogP contribution in [0.2, 0.25) is 5.02 Å². The molecule has 0 aromatic heterocycles. The highest BCUT2D eigenvalue weighted by Gasteiger charge is 2.31. The van der Waals surface area contributed by atoms with Gasteiger partial charge < -0.3 is 18.9 Å². The van der Waals surface area contributed by atoms with E-state index in [4.69, 9.17) is 30.5 Å². The van der Waals surface area contributed by atoms with Crippen LogP contribution in [0.25, 0.3) is 10.8 Å². The molecule has 33 heavy (non-hydrogen) atoms. The van der Waals surface area contributed by atoms with Crippen LogP contribution < -0.4 is 9.47 Å². The monoisotopic (exact) mass is 482 g/mol. The van der Waals surface area contributed by atoms with Crippen molar-refractivity contribution in [2.24, 2.45) is 0 Å². The summed E-state index contributed by atoms with van der Waals surface area (Å²) in [7, 11) is 0. The first kappa shape index (κ1) is 24.7. The molecule has 0 unspecified atom stereocenters. The van der Waals surface area contributed by atoms with Gasteiger partial charge in [0.15, 0.2) is 6.10 Å². The van der Waals surface area contributed by atoms with E-state index in [0.29, 0.717) is 24.7 Å². The van der Waals surface area contributed by atoms with Crippen LogP contribution in [0.4, 0.5) is 13.2 Å². The van der Waals surface area contributed by atoms with Crippen molar-refractivity contribution in [1.82, 2.24) is 0 Å². The van der Waals surface area contributed by atoms with Crippen molar-refractivity contribution in [3.05, 3.63) is 65.2 Å². The van der Waals surface area contributed by atoms with E-state index in [0.717, 1.165) is 22.9 Å². The number of ether oxygens (including phenoxy) is 4. The first-order valence-electron chi connectivity index (χ1n) is 10.2. The molecule has 3 aromatic carbocycles. The molecule has 3 aromatic rings. The summed E-state index contributed by atoms with van der Waals surface area (Å²) >= 11 is 5.97. The largest absolute Gasteiger partial charge is 0.479 e. The second kappa shape index (κ2) is 10.8. The van der Waals surface area contributed by atoms with Crippen molar-refractivity contribution in [1.29, 1.82) is 0 Å². The maximum absolute atomic E-state index is 12.8. The van der Waals surface area contributed by atoms with Gasteiger partial charge in [0.05, 0.1) is 17.2 Å². The van der Waals surface area contributed by atoms with Gasteiger partial charge in [0.1, 0.15) is 23.9 Å². The van der Waals surface area contributed by atoms with E-state index >= 15 is 0 Å². The first-order chi connectivity index (χ1) is 15.7. The maximum atomic E-state index is 12.8. The predicted molar refractivity (Wildman–Crippen MR) is 118 cm³/mol. The van der Waals surface area contributed by atoms with E-state index in [9.17, 15) is 18.0 Å². The number of carbonyl (C=O) groups excluding carboxylic acids is 1. The van der Waals surface area contributed by atoms with Crippen molar-refractivity contribution in [3.63, 3.8) is 0 Å². The third kappa shape index (κ3) is 6.76. The molecule has 176 valence electrons. The van der Waals surface area contributed by atoms with Gasteiger partial charge in [-0.3, -0.25) is 0 Å². The predicted octanol–water partition coefficient (Wildman–Crippen LogP) is 6.65. The molecule has 0 bridgehead atoms. The number of fused-ring (bicyclic) bond motifs is 1. The van der Waals surface area contributed by atoms with Gasteiger partial charge in [-0.15, -0.1) is 0 Å². The highest BCUT2D eigenvalue weighted by Crippen LogP contribution is 2.37. The number of carbonyl (C=O) groups is 1. The minimum atomic E-state index is -4.49. The zero-order chi connectivity index (χ0) is 24.0. The summed E-state index contributed by atoms with van der Waals surface area (Å²) in [6.45, 7) is 4.43. The van der Waals surface area contributed by atoms with Gasteiger partial charge >= 0.3 is 12.1 Å². The van der Waals surface area contributed by atoms with Crippen LogP contribution in [0.3, 0.4) is 0 Å². The highest BCUT2D eigenvalue weighted by molar-refractivity contribution is 6.32. The fourth-order valence-corrected chi connectivity index (χ4v) is 3.16. The van der Waals surface area contributed by atoms with Crippen LogP contribution in [0, 0.1) is 0 Å². The number of halogens is 4. The van der Waals surface area contributed by atoms with E-state index in [-0.39, 0.29) is 17.4 Å². The molecular formula is C24H22ClF3O5. The van der Waals surface area contributed by atoms with Crippen LogP contribution in [0.5, 0.6) is 17.2 Å². The van der Waals surface area contributed by atoms with Crippen LogP contribution in [0.15, 0.2) is 54.6 Å². The zero-order valence-corrected chi connectivity index (χ0v) is 18.7. The third-order valence-electron chi connectivity index (χ3n) is 4.59. The SMILES string of the molecule is CCOCCOC(=O)[C@@H](C)Oc1ccc2ccc(Oc3ccc(C(F)(F)F)cc3Cl)cc2c1. The first-order valence-corrected chi connectivity index (χ1v) is 10.5. The van der Waals surface area contributed by atoms with E-state index in [1.807, 2.05) is 13.0 Å². The molecular weight excluding hydrogens is 461 g/mol.